The van der Waals surface area contributed by atoms with E-state index in [0.717, 1.165) is 19.5 Å². The predicted molar refractivity (Wildman–Crippen MR) is 59.2 cm³/mol. The van der Waals surface area contributed by atoms with Crippen LogP contribution in [0, 0.1) is 5.92 Å². The SMILES string of the molecule is CC(=O)OC(C)(C)CC1CCCNNC1. The second-order valence-corrected chi connectivity index (χ2v) is 4.87. The summed E-state index contributed by atoms with van der Waals surface area (Å²) in [5.41, 5.74) is 5.98. The lowest BCUT2D eigenvalue weighted by Crippen LogP contribution is -2.36. The van der Waals surface area contributed by atoms with Gasteiger partial charge in [0.2, 0.25) is 0 Å². The molecule has 1 fully saturated rings. The summed E-state index contributed by atoms with van der Waals surface area (Å²) in [6.07, 6.45) is 3.28. The second-order valence-electron chi connectivity index (χ2n) is 4.87. The average molecular weight is 214 g/mol. The molecule has 0 spiro atoms. The highest BCUT2D eigenvalue weighted by Crippen LogP contribution is 2.24. The molecule has 1 rings (SSSR count). The van der Waals surface area contributed by atoms with Gasteiger partial charge in [0, 0.05) is 20.0 Å². The van der Waals surface area contributed by atoms with Crippen LogP contribution in [0.5, 0.6) is 0 Å². The van der Waals surface area contributed by atoms with Gasteiger partial charge in [-0.2, -0.15) is 0 Å². The van der Waals surface area contributed by atoms with Gasteiger partial charge in [-0.15, -0.1) is 0 Å². The Balaban J connectivity index is 2.40. The van der Waals surface area contributed by atoms with Gasteiger partial charge in [-0.25, -0.2) is 0 Å². The van der Waals surface area contributed by atoms with E-state index in [9.17, 15) is 4.79 Å². The third-order valence-corrected chi connectivity index (χ3v) is 2.63. The minimum atomic E-state index is -0.345. The molecule has 4 heteroatoms. The number of hydrogen-bond acceptors (Lipinski definition) is 4. The molecule has 88 valence electrons. The van der Waals surface area contributed by atoms with Crippen molar-refractivity contribution in [3.63, 3.8) is 0 Å². The maximum Gasteiger partial charge on any atom is 0.303 e. The van der Waals surface area contributed by atoms with E-state index < -0.39 is 0 Å². The molecule has 1 aliphatic rings. The Morgan fingerprint density at radius 3 is 2.87 bits per heavy atom. The Morgan fingerprint density at radius 1 is 1.47 bits per heavy atom. The minimum Gasteiger partial charge on any atom is -0.460 e. The van der Waals surface area contributed by atoms with Crippen LogP contribution in [0.15, 0.2) is 0 Å². The summed E-state index contributed by atoms with van der Waals surface area (Å²) in [6, 6.07) is 0. The van der Waals surface area contributed by atoms with Gasteiger partial charge in [-0.1, -0.05) is 0 Å². The molecule has 1 unspecified atom stereocenters. The van der Waals surface area contributed by atoms with Gasteiger partial charge in [-0.05, 0) is 39.0 Å². The van der Waals surface area contributed by atoms with E-state index in [4.69, 9.17) is 4.74 Å². The fourth-order valence-electron chi connectivity index (χ4n) is 2.19. The molecule has 2 N–H and O–H groups in total. The molecule has 1 heterocycles. The first-order chi connectivity index (χ1) is 6.99. The smallest absolute Gasteiger partial charge is 0.303 e. The van der Waals surface area contributed by atoms with Crippen molar-refractivity contribution in [2.24, 2.45) is 5.92 Å². The molecule has 1 atom stereocenters. The van der Waals surface area contributed by atoms with Crippen LogP contribution in [0.25, 0.3) is 0 Å². The number of carbonyl (C=O) groups excluding carboxylic acids is 1. The highest BCUT2D eigenvalue weighted by atomic mass is 16.6. The average Bonchev–Trinajstić information content (AvgIpc) is 2.29. The van der Waals surface area contributed by atoms with Gasteiger partial charge >= 0.3 is 5.97 Å². The van der Waals surface area contributed by atoms with Crippen LogP contribution < -0.4 is 10.9 Å². The van der Waals surface area contributed by atoms with Crippen LogP contribution in [-0.4, -0.2) is 24.7 Å². The maximum atomic E-state index is 10.9. The first-order valence-corrected chi connectivity index (χ1v) is 5.65. The Labute approximate surface area is 91.7 Å². The zero-order chi connectivity index (χ0) is 11.3. The highest BCUT2D eigenvalue weighted by molar-refractivity contribution is 5.66. The number of esters is 1. The van der Waals surface area contributed by atoms with E-state index in [2.05, 4.69) is 10.9 Å². The van der Waals surface area contributed by atoms with Crippen molar-refractivity contribution in [1.29, 1.82) is 0 Å². The molecule has 0 aromatic carbocycles. The van der Waals surface area contributed by atoms with Gasteiger partial charge in [0.05, 0.1) is 0 Å². The zero-order valence-corrected chi connectivity index (χ0v) is 9.93. The normalized spacial score (nSPS) is 23.3. The van der Waals surface area contributed by atoms with Crippen LogP contribution in [-0.2, 0) is 9.53 Å². The molecule has 15 heavy (non-hydrogen) atoms. The van der Waals surface area contributed by atoms with Crippen LogP contribution in [0.2, 0.25) is 0 Å². The topological polar surface area (TPSA) is 50.4 Å². The van der Waals surface area contributed by atoms with Crippen molar-refractivity contribution in [1.82, 2.24) is 10.9 Å². The molecular formula is C11H22N2O2. The summed E-state index contributed by atoms with van der Waals surface area (Å²) < 4.78 is 5.29. The molecule has 1 aliphatic heterocycles. The summed E-state index contributed by atoms with van der Waals surface area (Å²) in [7, 11) is 0. The molecular weight excluding hydrogens is 192 g/mol. The lowest BCUT2D eigenvalue weighted by molar-refractivity contribution is -0.155. The van der Waals surface area contributed by atoms with Gasteiger partial charge < -0.3 is 4.74 Å². The highest BCUT2D eigenvalue weighted by Gasteiger charge is 2.26. The van der Waals surface area contributed by atoms with Gasteiger partial charge in [0.1, 0.15) is 5.60 Å². The fraction of sp³-hybridized carbons (Fsp3) is 0.909. The zero-order valence-electron chi connectivity index (χ0n) is 9.93. The fourth-order valence-corrected chi connectivity index (χ4v) is 2.19. The molecule has 0 saturated carbocycles. The van der Waals surface area contributed by atoms with Crippen molar-refractivity contribution in [3.8, 4) is 0 Å². The summed E-state index contributed by atoms with van der Waals surface area (Å²) in [4.78, 5) is 10.9. The van der Waals surface area contributed by atoms with Crippen LogP contribution in [0.3, 0.4) is 0 Å². The van der Waals surface area contributed by atoms with Crippen molar-refractivity contribution in [3.05, 3.63) is 0 Å². The second kappa shape index (κ2) is 5.47. The van der Waals surface area contributed by atoms with Crippen LogP contribution in [0.4, 0.5) is 0 Å². The number of rotatable bonds is 3. The standard InChI is InChI=1S/C11H22N2O2/c1-9(14)15-11(2,3)7-10-5-4-6-12-13-8-10/h10,12-13H,4-8H2,1-3H3. The molecule has 0 radical (unpaired) electrons. The first kappa shape index (κ1) is 12.5. The summed E-state index contributed by atoms with van der Waals surface area (Å²) >= 11 is 0. The number of hydrazine groups is 1. The monoisotopic (exact) mass is 214 g/mol. The third-order valence-electron chi connectivity index (χ3n) is 2.63. The van der Waals surface area contributed by atoms with Crippen molar-refractivity contribution < 1.29 is 9.53 Å². The van der Waals surface area contributed by atoms with Gasteiger partial charge in [0.25, 0.3) is 0 Å². The van der Waals surface area contributed by atoms with Crippen LogP contribution >= 0.6 is 0 Å². The Bertz CT molecular complexity index is 209. The lowest BCUT2D eigenvalue weighted by Gasteiger charge is -2.28. The molecule has 0 aromatic rings. The van der Waals surface area contributed by atoms with Gasteiger partial charge in [-0.3, -0.25) is 15.6 Å². The largest absolute Gasteiger partial charge is 0.460 e. The third kappa shape index (κ3) is 5.14. The molecule has 0 amide bonds. The molecule has 0 aliphatic carbocycles. The maximum absolute atomic E-state index is 10.9. The van der Waals surface area contributed by atoms with Crippen molar-refractivity contribution in [2.75, 3.05) is 13.1 Å². The van der Waals surface area contributed by atoms with Gasteiger partial charge in [0.15, 0.2) is 0 Å². The molecule has 0 aromatic heterocycles. The minimum absolute atomic E-state index is 0.195. The number of hydrogen-bond donors (Lipinski definition) is 2. The van der Waals surface area contributed by atoms with E-state index >= 15 is 0 Å². The predicted octanol–water partition coefficient (Wildman–Crippen LogP) is 1.22. The number of ether oxygens (including phenoxy) is 1. The number of carbonyl (C=O) groups is 1. The molecule has 0 bridgehead atoms. The Kier molecular flexibility index (Phi) is 4.54. The Hall–Kier alpha value is -0.610. The van der Waals surface area contributed by atoms with Crippen molar-refractivity contribution >= 4 is 5.97 Å². The van der Waals surface area contributed by atoms with Crippen LogP contribution in [0.1, 0.15) is 40.0 Å². The van der Waals surface area contributed by atoms with E-state index in [-0.39, 0.29) is 11.6 Å². The lowest BCUT2D eigenvalue weighted by atomic mass is 9.90. The van der Waals surface area contributed by atoms with Crippen molar-refractivity contribution in [2.45, 2.75) is 45.6 Å². The number of nitrogens with one attached hydrogen (secondary N) is 2. The Morgan fingerprint density at radius 2 is 2.20 bits per heavy atom. The van der Waals surface area contributed by atoms with E-state index in [1.807, 2.05) is 13.8 Å². The molecule has 1 saturated heterocycles. The quantitative estimate of drug-likeness (QED) is 0.694. The van der Waals surface area contributed by atoms with E-state index in [1.165, 1.54) is 19.8 Å². The summed E-state index contributed by atoms with van der Waals surface area (Å²) in [5.74, 6) is 0.383. The molecule has 4 nitrogen and oxygen atoms in total. The van der Waals surface area contributed by atoms with E-state index in [0.29, 0.717) is 5.92 Å². The van der Waals surface area contributed by atoms with E-state index in [1.54, 1.807) is 0 Å². The first-order valence-electron chi connectivity index (χ1n) is 5.65. The summed E-state index contributed by atoms with van der Waals surface area (Å²) in [5, 5.41) is 0. The summed E-state index contributed by atoms with van der Waals surface area (Å²) in [6.45, 7) is 7.39.